The Labute approximate surface area is 129 Å². The fraction of sp³-hybridized carbons (Fsp3) is 0.0769. The molecule has 0 aliphatic carbocycles. The summed E-state index contributed by atoms with van der Waals surface area (Å²) in [6.45, 7) is 1.79. The van der Waals surface area contributed by atoms with Gasteiger partial charge >= 0.3 is 0 Å². The number of aromatic nitrogens is 1. The van der Waals surface area contributed by atoms with Gasteiger partial charge in [-0.25, -0.2) is 0 Å². The summed E-state index contributed by atoms with van der Waals surface area (Å²) >= 11 is 11.8. The molecule has 2 aromatic rings. The van der Waals surface area contributed by atoms with Gasteiger partial charge in [0.2, 0.25) is 0 Å². The Balaban J connectivity index is 2.39. The van der Waals surface area contributed by atoms with E-state index in [1.165, 1.54) is 6.20 Å². The van der Waals surface area contributed by atoms with Gasteiger partial charge in [0, 0.05) is 18.3 Å². The highest BCUT2D eigenvalue weighted by molar-refractivity contribution is 6.44. The van der Waals surface area contributed by atoms with Crippen LogP contribution in [-0.2, 0) is 0 Å². The number of nitrogens with one attached hydrogen (secondary N) is 1. The first-order valence-corrected chi connectivity index (χ1v) is 6.51. The van der Waals surface area contributed by atoms with E-state index in [-0.39, 0.29) is 21.3 Å². The fourth-order valence-electron chi connectivity index (χ4n) is 1.63. The van der Waals surface area contributed by atoms with E-state index in [0.717, 1.165) is 17.7 Å². The Kier molecular flexibility index (Phi) is 4.40. The molecular weight excluding hydrogens is 317 g/mol. The number of carbonyl (C=O) groups is 1. The Morgan fingerprint density at radius 2 is 2.10 bits per heavy atom. The molecular formula is C13H9Cl2N3O3. The number of benzene rings is 1. The smallest absolute Gasteiger partial charge is 0.271 e. The van der Waals surface area contributed by atoms with Crippen LogP contribution in [0.4, 0.5) is 11.4 Å². The summed E-state index contributed by atoms with van der Waals surface area (Å²) in [6.07, 6.45) is 3.06. The zero-order chi connectivity index (χ0) is 15.6. The first kappa shape index (κ1) is 15.2. The predicted molar refractivity (Wildman–Crippen MR) is 80.0 cm³/mol. The molecule has 8 heteroatoms. The second-order valence-electron chi connectivity index (χ2n) is 4.19. The van der Waals surface area contributed by atoms with E-state index < -0.39 is 10.8 Å². The SMILES string of the molecule is Cc1ccncc1NC(=O)c1cc([N+](=O)[O-])cc(Cl)c1Cl. The number of halogens is 2. The molecule has 0 aliphatic heterocycles. The number of amides is 1. The summed E-state index contributed by atoms with van der Waals surface area (Å²) in [4.78, 5) is 26.3. The number of carbonyl (C=O) groups excluding carboxylic acids is 1. The number of pyridine rings is 1. The van der Waals surface area contributed by atoms with Gasteiger partial charge in [0.25, 0.3) is 11.6 Å². The number of aryl methyl sites for hydroxylation is 1. The van der Waals surface area contributed by atoms with Gasteiger partial charge in [0.1, 0.15) is 0 Å². The molecule has 0 atom stereocenters. The minimum Gasteiger partial charge on any atom is -0.320 e. The lowest BCUT2D eigenvalue weighted by Crippen LogP contribution is -2.14. The van der Waals surface area contributed by atoms with E-state index in [4.69, 9.17) is 23.2 Å². The van der Waals surface area contributed by atoms with Crippen LogP contribution in [0.15, 0.2) is 30.6 Å². The number of nitro benzene ring substituents is 1. The summed E-state index contributed by atoms with van der Waals surface area (Å²) in [7, 11) is 0. The number of hydrogen-bond donors (Lipinski definition) is 1. The normalized spacial score (nSPS) is 10.2. The number of nitrogens with zero attached hydrogens (tertiary/aromatic N) is 2. The molecule has 0 radical (unpaired) electrons. The lowest BCUT2D eigenvalue weighted by molar-refractivity contribution is -0.384. The second kappa shape index (κ2) is 6.07. The fourth-order valence-corrected chi connectivity index (χ4v) is 2.04. The second-order valence-corrected chi connectivity index (χ2v) is 4.98. The Hall–Kier alpha value is -2.18. The van der Waals surface area contributed by atoms with Crippen LogP contribution in [0.5, 0.6) is 0 Å². The molecule has 2 rings (SSSR count). The van der Waals surface area contributed by atoms with Crippen molar-refractivity contribution in [2.75, 3.05) is 5.32 Å². The highest BCUT2D eigenvalue weighted by Crippen LogP contribution is 2.31. The van der Waals surface area contributed by atoms with E-state index in [2.05, 4.69) is 10.3 Å². The highest BCUT2D eigenvalue weighted by Gasteiger charge is 2.20. The molecule has 21 heavy (non-hydrogen) atoms. The number of anilines is 1. The first-order valence-electron chi connectivity index (χ1n) is 5.75. The third-order valence-electron chi connectivity index (χ3n) is 2.76. The molecule has 1 aromatic carbocycles. The Morgan fingerprint density at radius 3 is 2.71 bits per heavy atom. The van der Waals surface area contributed by atoms with Crippen LogP contribution in [0.3, 0.4) is 0 Å². The minimum atomic E-state index is -0.645. The topological polar surface area (TPSA) is 85.1 Å². The van der Waals surface area contributed by atoms with E-state index >= 15 is 0 Å². The summed E-state index contributed by atoms with van der Waals surface area (Å²) in [6, 6.07) is 3.89. The van der Waals surface area contributed by atoms with Crippen LogP contribution in [0.25, 0.3) is 0 Å². The molecule has 0 unspecified atom stereocenters. The van der Waals surface area contributed by atoms with Crippen molar-refractivity contribution in [2.24, 2.45) is 0 Å². The van der Waals surface area contributed by atoms with Crippen LogP contribution in [-0.4, -0.2) is 15.8 Å². The van der Waals surface area contributed by atoms with Crippen molar-refractivity contribution in [3.8, 4) is 0 Å². The van der Waals surface area contributed by atoms with Gasteiger partial charge in [-0.05, 0) is 18.6 Å². The average Bonchev–Trinajstić information content (AvgIpc) is 2.43. The Morgan fingerprint density at radius 1 is 1.38 bits per heavy atom. The van der Waals surface area contributed by atoms with Gasteiger partial charge in [-0.3, -0.25) is 19.9 Å². The molecule has 0 fully saturated rings. The number of hydrogen-bond acceptors (Lipinski definition) is 4. The molecule has 6 nitrogen and oxygen atoms in total. The summed E-state index contributed by atoms with van der Waals surface area (Å²) in [5.41, 5.74) is 0.906. The van der Waals surface area contributed by atoms with Gasteiger partial charge in [-0.2, -0.15) is 0 Å². The van der Waals surface area contributed by atoms with Crippen molar-refractivity contribution >= 4 is 40.5 Å². The molecule has 1 amide bonds. The molecule has 1 N–H and O–H groups in total. The van der Waals surface area contributed by atoms with E-state index in [1.807, 2.05) is 0 Å². The summed E-state index contributed by atoms with van der Waals surface area (Å²) in [5, 5.41) is 13.3. The van der Waals surface area contributed by atoms with Crippen LogP contribution in [0, 0.1) is 17.0 Å². The van der Waals surface area contributed by atoms with Crippen LogP contribution in [0.2, 0.25) is 10.0 Å². The lowest BCUT2D eigenvalue weighted by atomic mass is 10.1. The first-order chi connectivity index (χ1) is 9.90. The molecule has 0 aliphatic rings. The summed E-state index contributed by atoms with van der Waals surface area (Å²) in [5.74, 6) is -0.596. The molecule has 1 heterocycles. The monoisotopic (exact) mass is 325 g/mol. The van der Waals surface area contributed by atoms with Crippen LogP contribution >= 0.6 is 23.2 Å². The summed E-state index contributed by atoms with van der Waals surface area (Å²) < 4.78 is 0. The zero-order valence-corrected chi connectivity index (χ0v) is 12.3. The third-order valence-corrected chi connectivity index (χ3v) is 3.56. The van der Waals surface area contributed by atoms with Gasteiger partial charge in [-0.1, -0.05) is 23.2 Å². The largest absolute Gasteiger partial charge is 0.320 e. The van der Waals surface area contributed by atoms with Gasteiger partial charge in [0.15, 0.2) is 0 Å². The Bertz CT molecular complexity index is 735. The number of nitro groups is 1. The van der Waals surface area contributed by atoms with Crippen molar-refractivity contribution in [3.05, 3.63) is 61.9 Å². The molecule has 108 valence electrons. The molecule has 0 saturated heterocycles. The van der Waals surface area contributed by atoms with Gasteiger partial charge in [-0.15, -0.1) is 0 Å². The van der Waals surface area contributed by atoms with Crippen LogP contribution < -0.4 is 5.32 Å². The van der Waals surface area contributed by atoms with Crippen molar-refractivity contribution in [1.82, 2.24) is 4.98 Å². The van der Waals surface area contributed by atoms with E-state index in [9.17, 15) is 14.9 Å². The molecule has 0 bridgehead atoms. The lowest BCUT2D eigenvalue weighted by Gasteiger charge is -2.09. The van der Waals surface area contributed by atoms with Crippen molar-refractivity contribution in [1.29, 1.82) is 0 Å². The maximum atomic E-state index is 12.2. The molecule has 1 aromatic heterocycles. The maximum Gasteiger partial charge on any atom is 0.271 e. The molecule has 0 spiro atoms. The number of non-ortho nitro benzene ring substituents is 1. The predicted octanol–water partition coefficient (Wildman–Crippen LogP) is 3.86. The molecule has 0 saturated carbocycles. The van der Waals surface area contributed by atoms with Gasteiger partial charge in [0.05, 0.1) is 32.4 Å². The average molecular weight is 326 g/mol. The van der Waals surface area contributed by atoms with Crippen molar-refractivity contribution < 1.29 is 9.72 Å². The zero-order valence-electron chi connectivity index (χ0n) is 10.8. The van der Waals surface area contributed by atoms with Crippen LogP contribution in [0.1, 0.15) is 15.9 Å². The standard InChI is InChI=1S/C13H9Cl2N3O3/c1-7-2-3-16-6-11(7)17-13(19)9-4-8(18(20)21)5-10(14)12(9)15/h2-6H,1H3,(H,17,19). The maximum absolute atomic E-state index is 12.2. The van der Waals surface area contributed by atoms with E-state index in [0.29, 0.717) is 5.69 Å². The quantitative estimate of drug-likeness (QED) is 0.685. The highest BCUT2D eigenvalue weighted by atomic mass is 35.5. The minimum absolute atomic E-state index is 0.0405. The third kappa shape index (κ3) is 3.29. The number of rotatable bonds is 3. The van der Waals surface area contributed by atoms with E-state index in [1.54, 1.807) is 19.2 Å². The van der Waals surface area contributed by atoms with Gasteiger partial charge < -0.3 is 5.32 Å². The van der Waals surface area contributed by atoms with Crippen molar-refractivity contribution in [2.45, 2.75) is 6.92 Å². The van der Waals surface area contributed by atoms with Crippen molar-refractivity contribution in [3.63, 3.8) is 0 Å².